The smallest absolute Gasteiger partial charge is 0.218 e. The number of hydrogen-bond acceptors (Lipinski definition) is 2. The van der Waals surface area contributed by atoms with E-state index in [0.717, 1.165) is 6.29 Å². The lowest BCUT2D eigenvalue weighted by Crippen LogP contribution is -2.17. The molecular formula is C8H17NO2. The van der Waals surface area contributed by atoms with Gasteiger partial charge in [0.05, 0.1) is 0 Å². The molecule has 0 heterocycles. The van der Waals surface area contributed by atoms with E-state index in [1.54, 1.807) is 14.1 Å². The SMILES string of the molecule is CC(=O)N(C)C.CC(C)C=O. The Kier molecular flexibility index (Phi) is 8.43. The third kappa shape index (κ3) is 17.6. The summed E-state index contributed by atoms with van der Waals surface area (Å²) in [6, 6.07) is 0. The highest BCUT2D eigenvalue weighted by Gasteiger charge is 1.87. The van der Waals surface area contributed by atoms with Gasteiger partial charge in [-0.05, 0) is 0 Å². The van der Waals surface area contributed by atoms with E-state index in [4.69, 9.17) is 0 Å². The van der Waals surface area contributed by atoms with Crippen molar-refractivity contribution in [2.24, 2.45) is 5.92 Å². The van der Waals surface area contributed by atoms with E-state index in [0.29, 0.717) is 0 Å². The Morgan fingerprint density at radius 3 is 1.55 bits per heavy atom. The molecule has 0 radical (unpaired) electrons. The van der Waals surface area contributed by atoms with Crippen molar-refractivity contribution < 1.29 is 9.59 Å². The molecule has 3 nitrogen and oxygen atoms in total. The number of carbonyl (C=O) groups excluding carboxylic acids is 2. The average molecular weight is 159 g/mol. The Hall–Kier alpha value is -0.860. The van der Waals surface area contributed by atoms with Crippen LogP contribution < -0.4 is 0 Å². The Morgan fingerprint density at radius 1 is 1.36 bits per heavy atom. The Morgan fingerprint density at radius 2 is 1.55 bits per heavy atom. The summed E-state index contributed by atoms with van der Waals surface area (Å²) in [7, 11) is 3.45. The molecule has 0 saturated heterocycles. The van der Waals surface area contributed by atoms with Crippen LogP contribution in [0.3, 0.4) is 0 Å². The molecule has 1 amide bonds. The summed E-state index contributed by atoms with van der Waals surface area (Å²) in [4.78, 5) is 21.1. The van der Waals surface area contributed by atoms with E-state index < -0.39 is 0 Å². The van der Waals surface area contributed by atoms with Crippen LogP contribution in [-0.2, 0) is 9.59 Å². The van der Waals surface area contributed by atoms with Gasteiger partial charge in [0, 0.05) is 26.9 Å². The maximum absolute atomic E-state index is 10.1. The molecule has 0 aromatic carbocycles. The van der Waals surface area contributed by atoms with Crippen molar-refractivity contribution in [2.75, 3.05) is 14.1 Å². The summed E-state index contributed by atoms with van der Waals surface area (Å²) < 4.78 is 0. The van der Waals surface area contributed by atoms with Crippen molar-refractivity contribution in [1.82, 2.24) is 4.90 Å². The van der Waals surface area contributed by atoms with Gasteiger partial charge in [-0.3, -0.25) is 4.79 Å². The van der Waals surface area contributed by atoms with Crippen LogP contribution >= 0.6 is 0 Å². The molecule has 0 fully saturated rings. The van der Waals surface area contributed by atoms with Gasteiger partial charge in [0.2, 0.25) is 5.91 Å². The van der Waals surface area contributed by atoms with Gasteiger partial charge in [-0.25, -0.2) is 0 Å². The van der Waals surface area contributed by atoms with E-state index in [1.807, 2.05) is 13.8 Å². The monoisotopic (exact) mass is 159 g/mol. The lowest BCUT2D eigenvalue weighted by atomic mass is 10.3. The molecule has 0 unspecified atom stereocenters. The number of aldehydes is 1. The minimum atomic E-state index is 0.0926. The van der Waals surface area contributed by atoms with Crippen LogP contribution in [0.1, 0.15) is 20.8 Å². The topological polar surface area (TPSA) is 37.4 Å². The summed E-state index contributed by atoms with van der Waals surface area (Å²) in [5.74, 6) is 0.296. The fraction of sp³-hybridized carbons (Fsp3) is 0.750. The molecule has 0 bridgehead atoms. The van der Waals surface area contributed by atoms with Crippen molar-refractivity contribution in [2.45, 2.75) is 20.8 Å². The molecule has 0 rings (SSSR count). The first-order valence-corrected chi connectivity index (χ1v) is 3.55. The first-order valence-electron chi connectivity index (χ1n) is 3.55. The molecule has 0 atom stereocenters. The molecule has 0 aromatic heterocycles. The van der Waals surface area contributed by atoms with Crippen LogP contribution in [0.5, 0.6) is 0 Å². The fourth-order valence-electron chi connectivity index (χ4n) is 0. The van der Waals surface area contributed by atoms with Gasteiger partial charge in [-0.1, -0.05) is 13.8 Å². The minimum absolute atomic E-state index is 0.0926. The third-order valence-electron chi connectivity index (χ3n) is 0.902. The number of rotatable bonds is 1. The largest absolute Gasteiger partial charge is 0.349 e. The van der Waals surface area contributed by atoms with Crippen LogP contribution in [0, 0.1) is 5.92 Å². The molecule has 0 N–H and O–H groups in total. The quantitative estimate of drug-likeness (QED) is 0.534. The zero-order valence-corrected chi connectivity index (χ0v) is 7.92. The van der Waals surface area contributed by atoms with Crippen molar-refractivity contribution in [3.8, 4) is 0 Å². The van der Waals surface area contributed by atoms with Gasteiger partial charge in [0.25, 0.3) is 0 Å². The summed E-state index contributed by atoms with van der Waals surface area (Å²) in [5.41, 5.74) is 0. The number of amides is 1. The summed E-state index contributed by atoms with van der Waals surface area (Å²) >= 11 is 0. The molecule has 0 aliphatic carbocycles. The first kappa shape index (κ1) is 12.8. The molecule has 3 heteroatoms. The second kappa shape index (κ2) is 7.25. The minimum Gasteiger partial charge on any atom is -0.349 e. The average Bonchev–Trinajstić information content (AvgIpc) is 1.89. The molecular weight excluding hydrogens is 142 g/mol. The number of hydrogen-bond donors (Lipinski definition) is 0. The zero-order chi connectivity index (χ0) is 9.44. The Labute approximate surface area is 68.4 Å². The number of carbonyl (C=O) groups is 2. The van der Waals surface area contributed by atoms with Gasteiger partial charge >= 0.3 is 0 Å². The highest BCUT2D eigenvalue weighted by Crippen LogP contribution is 1.78. The highest BCUT2D eigenvalue weighted by atomic mass is 16.2. The second-order valence-corrected chi connectivity index (χ2v) is 2.79. The molecule has 11 heavy (non-hydrogen) atoms. The summed E-state index contributed by atoms with van der Waals surface area (Å²) in [6.45, 7) is 5.24. The lowest BCUT2D eigenvalue weighted by molar-refractivity contribution is -0.126. The van der Waals surface area contributed by atoms with Gasteiger partial charge < -0.3 is 9.69 Å². The van der Waals surface area contributed by atoms with Gasteiger partial charge in [-0.2, -0.15) is 0 Å². The van der Waals surface area contributed by atoms with Crippen molar-refractivity contribution in [3.05, 3.63) is 0 Å². The standard InChI is InChI=1S/C4H9NO.C4H8O/c1-4(6)5(2)3;1-4(2)3-5/h1-3H3;3-4H,1-2H3. The van der Waals surface area contributed by atoms with E-state index in [1.165, 1.54) is 11.8 Å². The lowest BCUT2D eigenvalue weighted by Gasteiger charge is -2.02. The van der Waals surface area contributed by atoms with E-state index in [-0.39, 0.29) is 11.8 Å². The third-order valence-corrected chi connectivity index (χ3v) is 0.902. The molecule has 66 valence electrons. The fourth-order valence-corrected chi connectivity index (χ4v) is 0. The second-order valence-electron chi connectivity index (χ2n) is 2.79. The predicted molar refractivity (Wildman–Crippen MR) is 45.3 cm³/mol. The molecule has 0 aliphatic rings. The zero-order valence-electron chi connectivity index (χ0n) is 7.92. The van der Waals surface area contributed by atoms with E-state index >= 15 is 0 Å². The van der Waals surface area contributed by atoms with Gasteiger partial charge in [0.15, 0.2) is 0 Å². The maximum Gasteiger partial charge on any atom is 0.218 e. The Balaban J connectivity index is 0. The van der Waals surface area contributed by atoms with Crippen LogP contribution in [0.15, 0.2) is 0 Å². The molecule has 0 aromatic rings. The molecule has 0 aliphatic heterocycles. The maximum atomic E-state index is 10.1. The van der Waals surface area contributed by atoms with Gasteiger partial charge in [0.1, 0.15) is 6.29 Å². The number of nitrogens with zero attached hydrogens (tertiary/aromatic N) is 1. The van der Waals surface area contributed by atoms with Crippen LogP contribution in [0.2, 0.25) is 0 Å². The van der Waals surface area contributed by atoms with E-state index in [9.17, 15) is 9.59 Å². The Bertz CT molecular complexity index is 119. The summed E-state index contributed by atoms with van der Waals surface area (Å²) in [5, 5.41) is 0. The van der Waals surface area contributed by atoms with Crippen molar-refractivity contribution in [1.29, 1.82) is 0 Å². The van der Waals surface area contributed by atoms with Crippen LogP contribution in [0.4, 0.5) is 0 Å². The van der Waals surface area contributed by atoms with Crippen molar-refractivity contribution >= 4 is 12.2 Å². The van der Waals surface area contributed by atoms with Crippen molar-refractivity contribution in [3.63, 3.8) is 0 Å². The first-order chi connectivity index (χ1) is 4.91. The highest BCUT2D eigenvalue weighted by molar-refractivity contribution is 5.72. The van der Waals surface area contributed by atoms with Crippen LogP contribution in [0.25, 0.3) is 0 Å². The summed E-state index contributed by atoms with van der Waals surface area (Å²) in [6.07, 6.45) is 0.917. The predicted octanol–water partition coefficient (Wildman–Crippen LogP) is 0.936. The molecule has 0 spiro atoms. The van der Waals surface area contributed by atoms with E-state index in [2.05, 4.69) is 0 Å². The van der Waals surface area contributed by atoms with Gasteiger partial charge in [-0.15, -0.1) is 0 Å². The van der Waals surface area contributed by atoms with Crippen LogP contribution in [-0.4, -0.2) is 31.2 Å². The molecule has 0 saturated carbocycles. The normalized spacial score (nSPS) is 8.18.